The molecule has 47 heavy (non-hydrogen) atoms. The second-order valence-electron chi connectivity index (χ2n) is 10.6. The number of hydrogen-bond donors (Lipinski definition) is 4. The van der Waals surface area contributed by atoms with Crippen LogP contribution in [0.25, 0.3) is 11.1 Å². The largest absolute Gasteiger partial charge is 0.497 e. The maximum absolute atomic E-state index is 13.4. The zero-order valence-electron chi connectivity index (χ0n) is 25.5. The molecule has 0 saturated carbocycles. The van der Waals surface area contributed by atoms with Crippen molar-refractivity contribution in [2.24, 2.45) is 5.14 Å². The Bertz CT molecular complexity index is 2000. The Labute approximate surface area is 279 Å². The first kappa shape index (κ1) is 33.0. The highest BCUT2D eigenvalue weighted by molar-refractivity contribution is 7.89. The van der Waals surface area contributed by atoms with Gasteiger partial charge in [0.15, 0.2) is 0 Å². The fourth-order valence-corrected chi connectivity index (χ4v) is 5.96. The molecule has 0 bridgehead atoms. The number of amides is 1. The van der Waals surface area contributed by atoms with E-state index in [0.717, 1.165) is 16.8 Å². The van der Waals surface area contributed by atoms with Crippen LogP contribution in [0.4, 0.5) is 11.4 Å². The summed E-state index contributed by atoms with van der Waals surface area (Å²) in [7, 11) is -2.31. The maximum atomic E-state index is 13.4. The predicted octanol–water partition coefficient (Wildman–Crippen LogP) is 5.95. The number of carbonyl (C=O) groups excluding carboxylic acids is 1. The van der Waals surface area contributed by atoms with E-state index in [1.54, 1.807) is 49.6 Å². The Morgan fingerprint density at radius 2 is 1.53 bits per heavy atom. The molecule has 5 N–H and O–H groups in total. The van der Waals surface area contributed by atoms with Gasteiger partial charge in [-0.3, -0.25) is 10.2 Å². The monoisotopic (exact) mass is 663 g/mol. The maximum Gasteiger partial charge on any atom is 0.243 e. The van der Waals surface area contributed by atoms with Crippen molar-refractivity contribution in [3.05, 3.63) is 144 Å². The molecule has 9 nitrogen and oxygen atoms in total. The van der Waals surface area contributed by atoms with Crippen molar-refractivity contribution in [3.8, 4) is 16.9 Å². The second kappa shape index (κ2) is 14.8. The molecule has 0 aromatic heterocycles. The molecule has 5 rings (SSSR count). The zero-order valence-corrected chi connectivity index (χ0v) is 27.1. The van der Waals surface area contributed by atoms with E-state index in [1.165, 1.54) is 6.07 Å². The van der Waals surface area contributed by atoms with Crippen LogP contribution in [0.5, 0.6) is 5.75 Å². The Hall–Kier alpha value is -5.36. The highest BCUT2D eigenvalue weighted by Gasteiger charge is 2.17. The number of carbonyl (C=O) groups is 1. The highest BCUT2D eigenvalue weighted by atomic mass is 32.2. The number of nitrogens with zero attached hydrogens (tertiary/aromatic N) is 1. The van der Waals surface area contributed by atoms with E-state index in [1.807, 2.05) is 83.8 Å². The normalized spacial score (nSPS) is 10.9. The molecule has 0 unspecified atom stereocenters. The van der Waals surface area contributed by atoms with Crippen LogP contribution in [0.1, 0.15) is 16.7 Å². The lowest BCUT2D eigenvalue weighted by Crippen LogP contribution is -2.33. The van der Waals surface area contributed by atoms with Gasteiger partial charge >= 0.3 is 0 Å². The lowest BCUT2D eigenvalue weighted by atomic mass is 10.1. The van der Waals surface area contributed by atoms with Gasteiger partial charge in [0.25, 0.3) is 0 Å². The quantitative estimate of drug-likeness (QED) is 0.0779. The van der Waals surface area contributed by atoms with Crippen molar-refractivity contribution in [1.29, 1.82) is 5.41 Å². The predicted molar refractivity (Wildman–Crippen MR) is 190 cm³/mol. The third-order valence-corrected chi connectivity index (χ3v) is 8.62. The molecule has 0 heterocycles. The lowest BCUT2D eigenvalue weighted by molar-refractivity contribution is -0.115. The minimum absolute atomic E-state index is 0.0272. The van der Waals surface area contributed by atoms with Crippen LogP contribution in [0.2, 0.25) is 0 Å². The molecular weight excluding hydrogens is 631 g/mol. The van der Waals surface area contributed by atoms with E-state index < -0.39 is 10.0 Å². The molecular formula is C36H33N5O4S2. The Morgan fingerprint density at radius 1 is 0.851 bits per heavy atom. The second-order valence-corrected chi connectivity index (χ2v) is 12.6. The van der Waals surface area contributed by atoms with Crippen LogP contribution in [0.15, 0.2) is 132 Å². The van der Waals surface area contributed by atoms with Gasteiger partial charge in [-0.1, -0.05) is 85.0 Å². The van der Waals surface area contributed by atoms with E-state index in [9.17, 15) is 13.2 Å². The smallest absolute Gasteiger partial charge is 0.243 e. The molecule has 0 aliphatic carbocycles. The Kier molecular flexibility index (Phi) is 10.4. The Balaban J connectivity index is 1.32. The van der Waals surface area contributed by atoms with Gasteiger partial charge < -0.3 is 20.3 Å². The van der Waals surface area contributed by atoms with Gasteiger partial charge in [0.05, 0.1) is 18.6 Å². The van der Waals surface area contributed by atoms with Crippen LogP contribution in [-0.4, -0.2) is 38.8 Å². The summed E-state index contributed by atoms with van der Waals surface area (Å²) in [5.41, 5.74) is 4.80. The van der Waals surface area contributed by atoms with E-state index in [-0.39, 0.29) is 23.2 Å². The zero-order chi connectivity index (χ0) is 33.4. The SMILES string of the molecule is COc1ccc(C(=S)NC(=N)c2cccc(N(CC(=O)Nc3ccc(-c4ccccc4S(N)(=O)=O)cc3)Cc3ccccc3)c2)cc1. The van der Waals surface area contributed by atoms with Gasteiger partial charge in [-0.05, 0) is 65.7 Å². The van der Waals surface area contributed by atoms with Gasteiger partial charge in [-0.15, -0.1) is 0 Å². The summed E-state index contributed by atoms with van der Waals surface area (Å²) in [6, 6.07) is 37.9. The summed E-state index contributed by atoms with van der Waals surface area (Å²) >= 11 is 5.54. The minimum Gasteiger partial charge on any atom is -0.497 e. The average Bonchev–Trinajstić information content (AvgIpc) is 3.08. The molecule has 238 valence electrons. The molecule has 0 radical (unpaired) electrons. The van der Waals surface area contributed by atoms with Crippen LogP contribution in [0, 0.1) is 5.41 Å². The fourth-order valence-electron chi connectivity index (χ4n) is 4.96. The number of hydrogen-bond acceptors (Lipinski definition) is 7. The highest BCUT2D eigenvalue weighted by Crippen LogP contribution is 2.28. The Morgan fingerprint density at radius 3 is 2.21 bits per heavy atom. The van der Waals surface area contributed by atoms with Gasteiger partial charge in [0.1, 0.15) is 16.6 Å². The van der Waals surface area contributed by atoms with Crippen molar-refractivity contribution in [1.82, 2.24) is 5.32 Å². The average molecular weight is 664 g/mol. The number of ether oxygens (including phenoxy) is 1. The number of amidine groups is 1. The third kappa shape index (κ3) is 8.67. The molecule has 0 saturated heterocycles. The number of thiocarbonyl (C=S) groups is 1. The number of nitrogens with one attached hydrogen (secondary N) is 3. The topological polar surface area (TPSA) is 138 Å². The summed E-state index contributed by atoms with van der Waals surface area (Å²) in [6.45, 7) is 0.478. The lowest BCUT2D eigenvalue weighted by Gasteiger charge is -2.25. The van der Waals surface area contributed by atoms with Crippen LogP contribution >= 0.6 is 12.2 Å². The molecule has 0 atom stereocenters. The number of nitrogens with two attached hydrogens (primary N) is 1. The van der Waals surface area contributed by atoms with Gasteiger partial charge in [-0.25, -0.2) is 13.6 Å². The molecule has 1 amide bonds. The molecule has 5 aromatic rings. The molecule has 0 aliphatic rings. The summed E-state index contributed by atoms with van der Waals surface area (Å²) in [4.78, 5) is 15.7. The summed E-state index contributed by atoms with van der Waals surface area (Å²) in [6.07, 6.45) is 0. The molecule has 5 aromatic carbocycles. The standard InChI is InChI=1S/C36H33N5O4S2/c1-45-31-20-16-27(17-21-31)36(46)40-35(37)28-10-7-11-30(22-28)41(23-25-8-3-2-4-9-25)24-34(42)39-29-18-14-26(15-19-29)32-12-5-6-13-33(32)47(38,43)44/h2-22H,23-24H2,1H3,(H,39,42)(H2,37,40,46)(H2,38,43,44). The van der Waals surface area contributed by atoms with Crippen LogP contribution in [0.3, 0.4) is 0 Å². The van der Waals surface area contributed by atoms with Gasteiger partial charge in [-0.2, -0.15) is 0 Å². The first-order valence-electron chi connectivity index (χ1n) is 14.6. The number of primary sulfonamides is 1. The first-order chi connectivity index (χ1) is 22.6. The van der Waals surface area contributed by atoms with E-state index >= 15 is 0 Å². The number of benzene rings is 5. The number of anilines is 2. The van der Waals surface area contributed by atoms with Crippen molar-refractivity contribution in [3.63, 3.8) is 0 Å². The van der Waals surface area contributed by atoms with Crippen LogP contribution in [-0.2, 0) is 21.4 Å². The third-order valence-electron chi connectivity index (χ3n) is 7.31. The minimum atomic E-state index is -3.91. The first-order valence-corrected chi connectivity index (χ1v) is 16.5. The fraction of sp³-hybridized carbons (Fsp3) is 0.0833. The molecule has 0 fully saturated rings. The van der Waals surface area contributed by atoms with E-state index in [2.05, 4.69) is 10.6 Å². The van der Waals surface area contributed by atoms with E-state index in [4.69, 9.17) is 27.5 Å². The summed E-state index contributed by atoms with van der Waals surface area (Å²) < 4.78 is 29.3. The van der Waals surface area contributed by atoms with Crippen LogP contribution < -0.4 is 25.4 Å². The molecule has 11 heteroatoms. The van der Waals surface area contributed by atoms with Gasteiger partial charge in [0.2, 0.25) is 15.9 Å². The van der Waals surface area contributed by atoms with Crippen molar-refractivity contribution in [2.45, 2.75) is 11.4 Å². The van der Waals surface area contributed by atoms with Crippen molar-refractivity contribution in [2.75, 3.05) is 23.9 Å². The number of rotatable bonds is 11. The summed E-state index contributed by atoms with van der Waals surface area (Å²) in [5.74, 6) is 0.587. The molecule has 0 spiro atoms. The molecule has 0 aliphatic heterocycles. The van der Waals surface area contributed by atoms with Crippen molar-refractivity contribution >= 4 is 50.3 Å². The van der Waals surface area contributed by atoms with Gasteiger partial charge in [0, 0.05) is 34.6 Å². The number of methoxy groups -OCH3 is 1. The van der Waals surface area contributed by atoms with Crippen molar-refractivity contribution < 1.29 is 17.9 Å². The summed E-state index contributed by atoms with van der Waals surface area (Å²) in [5, 5.41) is 20.0. The van der Waals surface area contributed by atoms with E-state index in [0.29, 0.717) is 39.7 Å². The number of sulfonamides is 1.